The van der Waals surface area contributed by atoms with Crippen LogP contribution in [0.1, 0.15) is 18.6 Å². The van der Waals surface area contributed by atoms with Crippen LogP contribution in [-0.4, -0.2) is 22.2 Å². The predicted molar refractivity (Wildman–Crippen MR) is 82.2 cm³/mol. The molecule has 1 heterocycles. The van der Waals surface area contributed by atoms with Crippen molar-refractivity contribution in [2.24, 2.45) is 0 Å². The largest absolute Gasteiger partial charge is 0.386 e. The fourth-order valence-corrected chi connectivity index (χ4v) is 2.08. The number of benzene rings is 1. The van der Waals surface area contributed by atoms with E-state index in [4.69, 9.17) is 11.6 Å². The molecule has 1 aromatic heterocycles. The van der Waals surface area contributed by atoms with Gasteiger partial charge < -0.3 is 15.7 Å². The van der Waals surface area contributed by atoms with Crippen molar-refractivity contribution < 1.29 is 18.7 Å². The minimum Gasteiger partial charge on any atom is -0.386 e. The first-order valence-electron chi connectivity index (χ1n) is 6.69. The second kappa shape index (κ2) is 7.34. The Morgan fingerprint density at radius 3 is 2.70 bits per heavy atom. The number of amides is 2. The highest BCUT2D eigenvalue weighted by Crippen LogP contribution is 2.20. The van der Waals surface area contributed by atoms with E-state index in [1.165, 1.54) is 19.2 Å². The topological polar surface area (TPSA) is 74.2 Å². The van der Waals surface area contributed by atoms with Gasteiger partial charge in [-0.1, -0.05) is 17.7 Å². The maximum atomic E-state index is 13.2. The number of anilines is 1. The zero-order valence-corrected chi connectivity index (χ0v) is 12.8. The summed E-state index contributed by atoms with van der Waals surface area (Å²) in [5.41, 5.74) is 0.456. The number of aliphatic hydroxyl groups excluding tert-OH is 1. The Morgan fingerprint density at radius 2 is 2.04 bits per heavy atom. The molecule has 2 aromatic rings. The molecule has 0 fully saturated rings. The van der Waals surface area contributed by atoms with Crippen LogP contribution in [0.2, 0.25) is 5.15 Å². The number of carbonyl (C=O) groups is 1. The summed E-state index contributed by atoms with van der Waals surface area (Å²) in [7, 11) is 0. The smallest absolute Gasteiger partial charge is 0.319 e. The summed E-state index contributed by atoms with van der Waals surface area (Å²) in [5.74, 6) is -2.08. The van der Waals surface area contributed by atoms with Crippen LogP contribution >= 0.6 is 11.6 Å². The third-order valence-electron chi connectivity index (χ3n) is 3.12. The van der Waals surface area contributed by atoms with Gasteiger partial charge in [-0.2, -0.15) is 0 Å². The number of rotatable bonds is 4. The molecule has 3 N–H and O–H groups in total. The molecule has 0 aliphatic heterocycles. The number of hydrogen-bond donors (Lipinski definition) is 3. The average Bonchev–Trinajstić information content (AvgIpc) is 2.51. The van der Waals surface area contributed by atoms with Gasteiger partial charge in [0.25, 0.3) is 0 Å². The van der Waals surface area contributed by atoms with Crippen molar-refractivity contribution in [1.29, 1.82) is 0 Å². The second-order valence-corrected chi connectivity index (χ2v) is 5.21. The zero-order chi connectivity index (χ0) is 17.0. The summed E-state index contributed by atoms with van der Waals surface area (Å²) in [4.78, 5) is 15.7. The Balaban J connectivity index is 2.00. The molecule has 1 aromatic carbocycles. The molecule has 5 nitrogen and oxygen atoms in total. The standard InChI is InChI=1S/C15H14ClF2N3O2/c1-8(13(22)9-4-5-10(17)11(18)7-9)20-15(23)21-12-3-2-6-19-14(12)16/h2-8,13,22H,1H3,(H2,20,21,23). The molecule has 2 unspecified atom stereocenters. The molecule has 8 heteroatoms. The quantitative estimate of drug-likeness (QED) is 0.747. The SMILES string of the molecule is CC(NC(=O)Nc1cccnc1Cl)C(O)c1ccc(F)c(F)c1. The van der Waals surface area contributed by atoms with E-state index in [1.54, 1.807) is 12.1 Å². The summed E-state index contributed by atoms with van der Waals surface area (Å²) in [6.07, 6.45) is 0.265. The van der Waals surface area contributed by atoms with Crippen molar-refractivity contribution in [3.63, 3.8) is 0 Å². The number of nitrogens with one attached hydrogen (secondary N) is 2. The van der Waals surface area contributed by atoms with Gasteiger partial charge in [0.05, 0.1) is 17.8 Å². The molecule has 2 rings (SSSR count). The lowest BCUT2D eigenvalue weighted by Gasteiger charge is -2.21. The lowest BCUT2D eigenvalue weighted by Crippen LogP contribution is -2.39. The first kappa shape index (κ1) is 17.1. The van der Waals surface area contributed by atoms with Gasteiger partial charge >= 0.3 is 6.03 Å². The number of pyridine rings is 1. The summed E-state index contributed by atoms with van der Waals surface area (Å²) >= 11 is 5.82. The van der Waals surface area contributed by atoms with Crippen molar-refractivity contribution in [2.45, 2.75) is 19.1 Å². The number of halogens is 3. The van der Waals surface area contributed by atoms with E-state index < -0.39 is 29.8 Å². The molecular formula is C15H14ClF2N3O2. The summed E-state index contributed by atoms with van der Waals surface area (Å²) < 4.78 is 26.1. The van der Waals surface area contributed by atoms with Crippen LogP contribution in [0.15, 0.2) is 36.5 Å². The van der Waals surface area contributed by atoms with Gasteiger partial charge in [0.2, 0.25) is 0 Å². The Hall–Kier alpha value is -2.25. The van der Waals surface area contributed by atoms with E-state index in [2.05, 4.69) is 15.6 Å². The number of carbonyl (C=O) groups excluding carboxylic acids is 1. The van der Waals surface area contributed by atoms with Crippen molar-refractivity contribution in [3.05, 3.63) is 58.9 Å². The van der Waals surface area contributed by atoms with E-state index in [9.17, 15) is 18.7 Å². The monoisotopic (exact) mass is 341 g/mol. The Kier molecular flexibility index (Phi) is 5.46. The molecule has 0 saturated carbocycles. The molecule has 0 spiro atoms. The molecule has 23 heavy (non-hydrogen) atoms. The summed E-state index contributed by atoms with van der Waals surface area (Å²) in [6, 6.07) is 4.83. The molecule has 2 atom stereocenters. The molecule has 2 amide bonds. The van der Waals surface area contributed by atoms with E-state index in [0.717, 1.165) is 12.1 Å². The molecule has 0 bridgehead atoms. The number of aromatic nitrogens is 1. The zero-order valence-electron chi connectivity index (χ0n) is 12.1. The van der Waals surface area contributed by atoms with Crippen molar-refractivity contribution in [2.75, 3.05) is 5.32 Å². The molecular weight excluding hydrogens is 328 g/mol. The number of urea groups is 1. The molecule has 0 radical (unpaired) electrons. The molecule has 0 aliphatic carbocycles. The molecule has 0 saturated heterocycles. The van der Waals surface area contributed by atoms with Gasteiger partial charge in [-0.25, -0.2) is 18.6 Å². The highest BCUT2D eigenvalue weighted by molar-refractivity contribution is 6.32. The third kappa shape index (κ3) is 4.37. The van der Waals surface area contributed by atoms with Crippen molar-refractivity contribution in [1.82, 2.24) is 10.3 Å². The summed E-state index contributed by atoms with van der Waals surface area (Å²) in [5, 5.41) is 15.2. The first-order valence-corrected chi connectivity index (χ1v) is 7.07. The van der Waals surface area contributed by atoms with Crippen LogP contribution in [-0.2, 0) is 0 Å². The van der Waals surface area contributed by atoms with E-state index in [1.807, 2.05) is 0 Å². The van der Waals surface area contributed by atoms with Crippen LogP contribution in [0.3, 0.4) is 0 Å². The number of hydrogen-bond acceptors (Lipinski definition) is 3. The average molecular weight is 342 g/mol. The van der Waals surface area contributed by atoms with Crippen LogP contribution in [0, 0.1) is 11.6 Å². The minimum absolute atomic E-state index is 0.122. The van der Waals surface area contributed by atoms with Crippen molar-refractivity contribution >= 4 is 23.3 Å². The van der Waals surface area contributed by atoms with Crippen molar-refractivity contribution in [3.8, 4) is 0 Å². The maximum absolute atomic E-state index is 13.2. The highest BCUT2D eigenvalue weighted by atomic mass is 35.5. The van der Waals surface area contributed by atoms with E-state index >= 15 is 0 Å². The van der Waals surface area contributed by atoms with Crippen LogP contribution in [0.25, 0.3) is 0 Å². The first-order chi connectivity index (χ1) is 10.9. The predicted octanol–water partition coefficient (Wildman–Crippen LogP) is 3.26. The van der Waals surface area contributed by atoms with Gasteiger partial charge in [0.1, 0.15) is 0 Å². The number of aliphatic hydroxyl groups is 1. The van der Waals surface area contributed by atoms with E-state index in [0.29, 0.717) is 5.69 Å². The van der Waals surface area contributed by atoms with Crippen LogP contribution in [0.5, 0.6) is 0 Å². The Labute approximate surface area is 136 Å². The Morgan fingerprint density at radius 1 is 1.30 bits per heavy atom. The van der Waals surface area contributed by atoms with Crippen LogP contribution in [0.4, 0.5) is 19.3 Å². The molecule has 122 valence electrons. The van der Waals surface area contributed by atoms with Gasteiger partial charge in [-0.05, 0) is 36.8 Å². The lowest BCUT2D eigenvalue weighted by molar-refractivity contribution is 0.138. The minimum atomic E-state index is -1.21. The molecule has 0 aliphatic rings. The fraction of sp³-hybridized carbons (Fsp3) is 0.200. The van der Waals surface area contributed by atoms with Gasteiger partial charge in [0.15, 0.2) is 16.8 Å². The highest BCUT2D eigenvalue weighted by Gasteiger charge is 2.20. The number of nitrogens with zero attached hydrogens (tertiary/aromatic N) is 1. The van der Waals surface area contributed by atoms with Crippen LogP contribution < -0.4 is 10.6 Å². The van der Waals surface area contributed by atoms with Gasteiger partial charge in [-0.3, -0.25) is 0 Å². The normalized spacial score (nSPS) is 13.3. The fourth-order valence-electron chi connectivity index (χ4n) is 1.91. The van der Waals surface area contributed by atoms with Gasteiger partial charge in [0, 0.05) is 6.20 Å². The second-order valence-electron chi connectivity index (χ2n) is 4.85. The summed E-state index contributed by atoms with van der Waals surface area (Å²) in [6.45, 7) is 1.52. The lowest BCUT2D eigenvalue weighted by atomic mass is 10.0. The maximum Gasteiger partial charge on any atom is 0.319 e. The Bertz CT molecular complexity index is 715. The van der Waals surface area contributed by atoms with E-state index in [-0.39, 0.29) is 10.7 Å². The van der Waals surface area contributed by atoms with Gasteiger partial charge in [-0.15, -0.1) is 0 Å². The third-order valence-corrected chi connectivity index (χ3v) is 3.43.